The quantitative estimate of drug-likeness (QED) is 0.429. The number of hydrogen-bond donors (Lipinski definition) is 2. The molecule has 0 heterocycles. The lowest BCUT2D eigenvalue weighted by molar-refractivity contribution is 0.389. The van der Waals surface area contributed by atoms with Crippen LogP contribution in [-0.2, 0) is 0 Å². The molecule has 15 heavy (non-hydrogen) atoms. The van der Waals surface area contributed by atoms with Crippen LogP contribution in [0.25, 0.3) is 0 Å². The van der Waals surface area contributed by atoms with E-state index in [1.807, 2.05) is 13.8 Å². The van der Waals surface area contributed by atoms with E-state index in [4.69, 9.17) is 12.2 Å². The maximum Gasteiger partial charge on any atom is 0.187 e. The molecule has 2 saturated carbocycles. The second-order valence-corrected chi connectivity index (χ2v) is 5.33. The molecule has 0 aromatic carbocycles. The van der Waals surface area contributed by atoms with Crippen molar-refractivity contribution in [3.8, 4) is 0 Å². The average Bonchev–Trinajstić information content (AvgIpc) is 2.76. The largest absolute Gasteiger partial charge is 0.358 e. The smallest absolute Gasteiger partial charge is 0.187 e. The summed E-state index contributed by atoms with van der Waals surface area (Å²) in [5.74, 6) is 1.80. The fourth-order valence-corrected chi connectivity index (χ4v) is 2.98. The van der Waals surface area contributed by atoms with Crippen LogP contribution in [0.3, 0.4) is 0 Å². The van der Waals surface area contributed by atoms with Crippen molar-refractivity contribution in [3.63, 3.8) is 0 Å². The van der Waals surface area contributed by atoms with Gasteiger partial charge in [0, 0.05) is 11.8 Å². The molecule has 0 aliphatic heterocycles. The normalized spacial score (nSPS) is 32.5. The van der Waals surface area contributed by atoms with E-state index in [2.05, 4.69) is 15.8 Å². The summed E-state index contributed by atoms with van der Waals surface area (Å²) in [7, 11) is 0. The molecule has 0 radical (unpaired) electrons. The van der Waals surface area contributed by atoms with Crippen molar-refractivity contribution in [2.45, 2.75) is 45.6 Å². The van der Waals surface area contributed by atoms with E-state index in [-0.39, 0.29) is 0 Å². The first-order chi connectivity index (χ1) is 7.15. The second-order valence-electron chi connectivity index (χ2n) is 4.93. The van der Waals surface area contributed by atoms with Gasteiger partial charge in [0.2, 0.25) is 0 Å². The predicted octanol–water partition coefficient (Wildman–Crippen LogP) is 2.03. The topological polar surface area (TPSA) is 36.4 Å². The van der Waals surface area contributed by atoms with Crippen LogP contribution in [0.4, 0.5) is 0 Å². The van der Waals surface area contributed by atoms with E-state index in [1.165, 1.54) is 25.7 Å². The van der Waals surface area contributed by atoms with E-state index in [1.54, 1.807) is 0 Å². The number of hydrazone groups is 1. The number of hydrogen-bond acceptors (Lipinski definition) is 2. The minimum absolute atomic E-state index is 0.594. The van der Waals surface area contributed by atoms with E-state index in [0.29, 0.717) is 11.2 Å². The van der Waals surface area contributed by atoms with Gasteiger partial charge in [0.25, 0.3) is 0 Å². The summed E-state index contributed by atoms with van der Waals surface area (Å²) in [5.41, 5.74) is 3.87. The highest BCUT2D eigenvalue weighted by atomic mass is 32.1. The standard InChI is InChI=1S/C11H19N3S/c1-7(2)13-14-11(15)12-10-6-8-3-4-9(10)5-8/h8-10H,3-6H2,1-2H3,(H2,12,14,15)/t8-,9-,10-/m0/s1. The number of nitrogens with one attached hydrogen (secondary N) is 2. The molecule has 0 unspecified atom stereocenters. The zero-order valence-electron chi connectivity index (χ0n) is 9.42. The summed E-state index contributed by atoms with van der Waals surface area (Å²) in [5, 5.41) is 8.15. The third-order valence-corrected chi connectivity index (χ3v) is 3.64. The molecular formula is C11H19N3S. The molecule has 0 saturated heterocycles. The van der Waals surface area contributed by atoms with E-state index >= 15 is 0 Å². The van der Waals surface area contributed by atoms with Crippen molar-refractivity contribution in [2.24, 2.45) is 16.9 Å². The summed E-state index contributed by atoms with van der Waals surface area (Å²) < 4.78 is 0. The maximum atomic E-state index is 5.20. The number of nitrogens with zero attached hydrogens (tertiary/aromatic N) is 1. The van der Waals surface area contributed by atoms with Gasteiger partial charge in [0.1, 0.15) is 0 Å². The average molecular weight is 225 g/mol. The van der Waals surface area contributed by atoms with Gasteiger partial charge < -0.3 is 5.32 Å². The van der Waals surface area contributed by atoms with Crippen LogP contribution in [0.5, 0.6) is 0 Å². The third kappa shape index (κ3) is 2.68. The SMILES string of the molecule is CC(C)=NNC(=S)N[C@H]1C[C@H]2CC[C@H]1C2. The Balaban J connectivity index is 1.77. The maximum absolute atomic E-state index is 5.20. The van der Waals surface area contributed by atoms with Crippen molar-refractivity contribution < 1.29 is 0 Å². The lowest BCUT2D eigenvalue weighted by Crippen LogP contribution is -2.42. The highest BCUT2D eigenvalue weighted by Gasteiger charge is 2.39. The van der Waals surface area contributed by atoms with Gasteiger partial charge in [-0.15, -0.1) is 0 Å². The van der Waals surface area contributed by atoms with Gasteiger partial charge in [-0.2, -0.15) is 5.10 Å². The van der Waals surface area contributed by atoms with E-state index in [9.17, 15) is 0 Å². The molecule has 3 nitrogen and oxygen atoms in total. The first kappa shape index (κ1) is 10.9. The monoisotopic (exact) mass is 225 g/mol. The molecule has 2 fully saturated rings. The van der Waals surface area contributed by atoms with Crippen LogP contribution < -0.4 is 10.7 Å². The van der Waals surface area contributed by atoms with Crippen LogP contribution >= 0.6 is 12.2 Å². The van der Waals surface area contributed by atoms with Crippen molar-refractivity contribution in [3.05, 3.63) is 0 Å². The molecule has 3 atom stereocenters. The Morgan fingerprint density at radius 3 is 2.60 bits per heavy atom. The number of rotatable bonds is 2. The summed E-state index contributed by atoms with van der Waals surface area (Å²) >= 11 is 5.20. The summed E-state index contributed by atoms with van der Waals surface area (Å²) in [4.78, 5) is 0. The molecule has 2 bridgehead atoms. The van der Waals surface area contributed by atoms with Crippen molar-refractivity contribution >= 4 is 23.0 Å². The van der Waals surface area contributed by atoms with Gasteiger partial charge in [-0.25, -0.2) is 0 Å². The predicted molar refractivity (Wildman–Crippen MR) is 66.9 cm³/mol. The highest BCUT2D eigenvalue weighted by molar-refractivity contribution is 7.80. The molecule has 2 aliphatic carbocycles. The van der Waals surface area contributed by atoms with E-state index in [0.717, 1.165) is 17.5 Å². The zero-order chi connectivity index (χ0) is 10.8. The molecule has 84 valence electrons. The molecular weight excluding hydrogens is 206 g/mol. The second kappa shape index (κ2) is 4.47. The third-order valence-electron chi connectivity index (χ3n) is 3.44. The molecule has 4 heteroatoms. The van der Waals surface area contributed by atoms with Crippen LogP contribution in [-0.4, -0.2) is 16.9 Å². The van der Waals surface area contributed by atoms with E-state index < -0.39 is 0 Å². The number of thiocarbonyl (C=S) groups is 1. The Morgan fingerprint density at radius 1 is 1.27 bits per heavy atom. The highest BCUT2D eigenvalue weighted by Crippen LogP contribution is 2.44. The Hall–Kier alpha value is -0.640. The van der Waals surface area contributed by atoms with Crippen LogP contribution in [0, 0.1) is 11.8 Å². The Kier molecular flexibility index (Phi) is 3.24. The molecule has 2 N–H and O–H groups in total. The Labute approximate surface area is 96.7 Å². The zero-order valence-corrected chi connectivity index (χ0v) is 10.2. The van der Waals surface area contributed by atoms with Crippen LogP contribution in [0.2, 0.25) is 0 Å². The van der Waals surface area contributed by atoms with Crippen molar-refractivity contribution in [1.82, 2.24) is 10.7 Å². The fraction of sp³-hybridized carbons (Fsp3) is 0.818. The van der Waals surface area contributed by atoms with Crippen LogP contribution in [0.15, 0.2) is 5.10 Å². The molecule has 2 aliphatic rings. The van der Waals surface area contributed by atoms with Crippen molar-refractivity contribution in [2.75, 3.05) is 0 Å². The molecule has 0 amide bonds. The lowest BCUT2D eigenvalue weighted by atomic mass is 9.96. The fourth-order valence-electron chi connectivity index (χ4n) is 2.78. The van der Waals surface area contributed by atoms with Crippen molar-refractivity contribution in [1.29, 1.82) is 0 Å². The minimum atomic E-state index is 0.594. The summed E-state index contributed by atoms with van der Waals surface area (Å²) in [6.45, 7) is 3.90. The first-order valence-electron chi connectivity index (χ1n) is 5.72. The van der Waals surface area contributed by atoms with Gasteiger partial charge >= 0.3 is 0 Å². The van der Waals surface area contributed by atoms with Gasteiger partial charge in [-0.1, -0.05) is 6.42 Å². The molecule has 0 aromatic rings. The molecule has 2 rings (SSSR count). The van der Waals surface area contributed by atoms with Gasteiger partial charge in [-0.3, -0.25) is 5.43 Å². The van der Waals surface area contributed by atoms with Gasteiger partial charge in [0.05, 0.1) is 0 Å². The van der Waals surface area contributed by atoms with Gasteiger partial charge in [-0.05, 0) is 57.2 Å². The Bertz CT molecular complexity index is 284. The van der Waals surface area contributed by atoms with Crippen LogP contribution in [0.1, 0.15) is 39.5 Å². The Morgan fingerprint density at radius 2 is 2.07 bits per heavy atom. The minimum Gasteiger partial charge on any atom is -0.358 e. The summed E-state index contributed by atoms with van der Waals surface area (Å²) in [6, 6.07) is 0.594. The molecule has 0 aromatic heterocycles. The first-order valence-corrected chi connectivity index (χ1v) is 6.13. The summed E-state index contributed by atoms with van der Waals surface area (Å²) in [6.07, 6.45) is 5.49. The lowest BCUT2D eigenvalue weighted by Gasteiger charge is -2.23. The van der Waals surface area contributed by atoms with Gasteiger partial charge in [0.15, 0.2) is 5.11 Å². The number of fused-ring (bicyclic) bond motifs is 2. The molecule has 0 spiro atoms.